The predicted octanol–water partition coefficient (Wildman–Crippen LogP) is 2.98. The summed E-state index contributed by atoms with van der Waals surface area (Å²) >= 11 is 0. The highest BCUT2D eigenvalue weighted by Crippen LogP contribution is 2.24. The number of nitrogens with one attached hydrogen (secondary N) is 1. The first-order chi connectivity index (χ1) is 12.2. The molecule has 1 aliphatic rings. The SMILES string of the molecule is N#Cc1ccc(CNC(=O)N2CCO[C@@H](c3ccccc3F)C2)cc1. The minimum absolute atomic E-state index is 0.214. The van der Waals surface area contributed by atoms with E-state index in [0.717, 1.165) is 5.56 Å². The van der Waals surface area contributed by atoms with Gasteiger partial charge in [-0.3, -0.25) is 0 Å². The molecule has 5 nitrogen and oxygen atoms in total. The third-order valence-electron chi connectivity index (χ3n) is 4.13. The highest BCUT2D eigenvalue weighted by molar-refractivity contribution is 5.74. The van der Waals surface area contributed by atoms with Crippen molar-refractivity contribution in [2.45, 2.75) is 12.6 Å². The molecule has 128 valence electrons. The van der Waals surface area contributed by atoms with Crippen LogP contribution in [0.15, 0.2) is 48.5 Å². The number of carbonyl (C=O) groups is 1. The van der Waals surface area contributed by atoms with Crippen LogP contribution >= 0.6 is 0 Å². The number of halogens is 1. The molecule has 1 atom stereocenters. The molecule has 1 heterocycles. The van der Waals surface area contributed by atoms with Crippen molar-refractivity contribution < 1.29 is 13.9 Å². The molecule has 1 N–H and O–H groups in total. The maximum absolute atomic E-state index is 13.9. The maximum atomic E-state index is 13.9. The van der Waals surface area contributed by atoms with Crippen molar-refractivity contribution in [3.8, 4) is 6.07 Å². The van der Waals surface area contributed by atoms with Crippen LogP contribution in [-0.4, -0.2) is 30.6 Å². The van der Waals surface area contributed by atoms with E-state index in [0.29, 0.717) is 37.4 Å². The Morgan fingerprint density at radius 1 is 1.28 bits per heavy atom. The number of hydrogen-bond acceptors (Lipinski definition) is 3. The highest BCUT2D eigenvalue weighted by atomic mass is 19.1. The molecular formula is C19H18FN3O2. The van der Waals surface area contributed by atoms with Crippen LogP contribution in [0.1, 0.15) is 22.8 Å². The molecule has 0 aliphatic carbocycles. The summed E-state index contributed by atoms with van der Waals surface area (Å²) in [6.07, 6.45) is -0.462. The number of urea groups is 1. The summed E-state index contributed by atoms with van der Waals surface area (Å²) in [5.41, 5.74) is 1.95. The number of morpholine rings is 1. The van der Waals surface area contributed by atoms with Gasteiger partial charge in [0.15, 0.2) is 0 Å². The Morgan fingerprint density at radius 2 is 2.04 bits per heavy atom. The normalized spacial score (nSPS) is 17.0. The molecule has 3 rings (SSSR count). The van der Waals surface area contributed by atoms with E-state index in [-0.39, 0.29) is 11.8 Å². The van der Waals surface area contributed by atoms with Gasteiger partial charge in [-0.1, -0.05) is 30.3 Å². The average molecular weight is 339 g/mol. The van der Waals surface area contributed by atoms with Gasteiger partial charge in [0.1, 0.15) is 11.9 Å². The van der Waals surface area contributed by atoms with E-state index in [1.165, 1.54) is 6.07 Å². The number of hydrogen-bond donors (Lipinski definition) is 1. The molecule has 1 saturated heterocycles. The van der Waals surface area contributed by atoms with E-state index in [2.05, 4.69) is 11.4 Å². The van der Waals surface area contributed by atoms with Crippen LogP contribution in [0.2, 0.25) is 0 Å². The molecule has 0 radical (unpaired) electrons. The summed E-state index contributed by atoms with van der Waals surface area (Å²) in [5, 5.41) is 11.6. The number of carbonyl (C=O) groups excluding carboxylic acids is 1. The number of rotatable bonds is 3. The van der Waals surface area contributed by atoms with E-state index in [9.17, 15) is 9.18 Å². The standard InChI is InChI=1S/C19H18FN3O2/c20-17-4-2-1-3-16(17)18-13-23(9-10-25-18)19(24)22-12-15-7-5-14(11-21)6-8-15/h1-8,18H,9-10,12-13H2,(H,22,24)/t18-/m1/s1. The lowest BCUT2D eigenvalue weighted by Gasteiger charge is -2.33. The Bertz CT molecular complexity index is 786. The van der Waals surface area contributed by atoms with Gasteiger partial charge in [-0.2, -0.15) is 5.26 Å². The summed E-state index contributed by atoms with van der Waals surface area (Å²) in [4.78, 5) is 14.0. The van der Waals surface area contributed by atoms with Crippen molar-refractivity contribution in [1.82, 2.24) is 10.2 Å². The molecule has 1 aliphatic heterocycles. The fraction of sp³-hybridized carbons (Fsp3) is 0.263. The summed E-state index contributed by atoms with van der Waals surface area (Å²) in [7, 11) is 0. The predicted molar refractivity (Wildman–Crippen MR) is 90.1 cm³/mol. The Kier molecular flexibility index (Phi) is 5.26. The monoisotopic (exact) mass is 339 g/mol. The second-order valence-corrected chi connectivity index (χ2v) is 5.79. The van der Waals surface area contributed by atoms with Crippen molar-refractivity contribution in [2.75, 3.05) is 19.7 Å². The van der Waals surface area contributed by atoms with Crippen LogP contribution in [0, 0.1) is 17.1 Å². The first kappa shape index (κ1) is 16.9. The van der Waals surface area contributed by atoms with Gasteiger partial charge in [-0.25, -0.2) is 9.18 Å². The van der Waals surface area contributed by atoms with Crippen LogP contribution < -0.4 is 5.32 Å². The van der Waals surface area contributed by atoms with Gasteiger partial charge in [-0.05, 0) is 23.8 Å². The molecule has 1 fully saturated rings. The summed E-state index contributed by atoms with van der Waals surface area (Å²) in [6, 6.07) is 15.3. The van der Waals surface area contributed by atoms with Crippen molar-refractivity contribution in [3.63, 3.8) is 0 Å². The molecule has 2 aromatic carbocycles. The molecule has 0 bridgehead atoms. The number of amides is 2. The van der Waals surface area contributed by atoms with E-state index in [1.54, 1.807) is 47.4 Å². The maximum Gasteiger partial charge on any atom is 0.317 e. The van der Waals surface area contributed by atoms with Crippen molar-refractivity contribution in [1.29, 1.82) is 5.26 Å². The van der Waals surface area contributed by atoms with E-state index in [4.69, 9.17) is 10.00 Å². The molecule has 25 heavy (non-hydrogen) atoms. The van der Waals surface area contributed by atoms with Crippen LogP contribution in [-0.2, 0) is 11.3 Å². The smallest absolute Gasteiger partial charge is 0.317 e. The lowest BCUT2D eigenvalue weighted by Crippen LogP contribution is -2.47. The zero-order valence-electron chi connectivity index (χ0n) is 13.6. The quantitative estimate of drug-likeness (QED) is 0.935. The van der Waals surface area contributed by atoms with Crippen molar-refractivity contribution >= 4 is 6.03 Å². The highest BCUT2D eigenvalue weighted by Gasteiger charge is 2.26. The second-order valence-electron chi connectivity index (χ2n) is 5.79. The molecule has 0 saturated carbocycles. The van der Waals surface area contributed by atoms with Gasteiger partial charge < -0.3 is 15.0 Å². The average Bonchev–Trinajstić information content (AvgIpc) is 2.67. The Hall–Kier alpha value is -2.91. The van der Waals surface area contributed by atoms with Gasteiger partial charge in [0.25, 0.3) is 0 Å². The van der Waals surface area contributed by atoms with Gasteiger partial charge in [0.05, 0.1) is 24.8 Å². The summed E-state index contributed by atoms with van der Waals surface area (Å²) in [5.74, 6) is -0.327. The van der Waals surface area contributed by atoms with Gasteiger partial charge >= 0.3 is 6.03 Å². The lowest BCUT2D eigenvalue weighted by atomic mass is 10.1. The van der Waals surface area contributed by atoms with Gasteiger partial charge in [0, 0.05) is 18.7 Å². The first-order valence-electron chi connectivity index (χ1n) is 8.05. The molecule has 2 amide bonds. The van der Waals surface area contributed by atoms with Crippen molar-refractivity contribution in [3.05, 3.63) is 71.0 Å². The number of benzene rings is 2. The van der Waals surface area contributed by atoms with Crippen LogP contribution in [0.4, 0.5) is 9.18 Å². The van der Waals surface area contributed by atoms with E-state index in [1.807, 2.05) is 0 Å². The number of ether oxygens (including phenoxy) is 1. The topological polar surface area (TPSA) is 65.4 Å². The third-order valence-corrected chi connectivity index (χ3v) is 4.13. The second kappa shape index (κ2) is 7.77. The number of nitriles is 1. The number of nitrogens with zero attached hydrogens (tertiary/aromatic N) is 2. The van der Waals surface area contributed by atoms with Crippen LogP contribution in [0.5, 0.6) is 0 Å². The molecule has 2 aromatic rings. The summed E-state index contributed by atoms with van der Waals surface area (Å²) in [6.45, 7) is 1.50. The largest absolute Gasteiger partial charge is 0.370 e. The van der Waals surface area contributed by atoms with E-state index >= 15 is 0 Å². The summed E-state index contributed by atoms with van der Waals surface area (Å²) < 4.78 is 19.5. The molecule has 0 unspecified atom stereocenters. The fourth-order valence-electron chi connectivity index (χ4n) is 2.74. The van der Waals surface area contributed by atoms with Crippen LogP contribution in [0.3, 0.4) is 0 Å². The zero-order valence-corrected chi connectivity index (χ0v) is 13.6. The molecule has 6 heteroatoms. The van der Waals surface area contributed by atoms with Crippen LogP contribution in [0.25, 0.3) is 0 Å². The van der Waals surface area contributed by atoms with E-state index < -0.39 is 6.10 Å². The fourth-order valence-corrected chi connectivity index (χ4v) is 2.74. The van der Waals surface area contributed by atoms with Gasteiger partial charge in [0.2, 0.25) is 0 Å². The molecule has 0 aromatic heterocycles. The Labute approximate surface area is 145 Å². The lowest BCUT2D eigenvalue weighted by molar-refractivity contribution is -0.0171. The first-order valence-corrected chi connectivity index (χ1v) is 8.05. The molecule has 0 spiro atoms. The minimum Gasteiger partial charge on any atom is -0.370 e. The third kappa shape index (κ3) is 4.14. The van der Waals surface area contributed by atoms with Gasteiger partial charge in [-0.15, -0.1) is 0 Å². The Morgan fingerprint density at radius 3 is 2.76 bits per heavy atom. The minimum atomic E-state index is -0.462. The Balaban J connectivity index is 1.58. The zero-order chi connectivity index (χ0) is 17.6. The van der Waals surface area contributed by atoms with Crippen molar-refractivity contribution in [2.24, 2.45) is 0 Å². The molecular weight excluding hydrogens is 321 g/mol.